The van der Waals surface area contributed by atoms with Gasteiger partial charge in [-0.3, -0.25) is 9.59 Å². The minimum Gasteiger partial charge on any atom is -0.480 e. The number of likely N-dealkylation sites (N-methyl/N-ethyl adjacent to an activating group) is 1. The Morgan fingerprint density at radius 3 is 2.56 bits per heavy atom. The molecule has 0 aromatic rings. The van der Waals surface area contributed by atoms with Crippen LogP contribution in [0.1, 0.15) is 6.92 Å². The summed E-state index contributed by atoms with van der Waals surface area (Å²) in [6.45, 7) is 2.25. The van der Waals surface area contributed by atoms with Crippen molar-refractivity contribution in [2.45, 2.75) is 13.0 Å². The van der Waals surface area contributed by atoms with Crippen LogP contribution in [-0.2, 0) is 9.59 Å². The van der Waals surface area contributed by atoms with Gasteiger partial charge in [0.2, 0.25) is 5.91 Å². The maximum Gasteiger partial charge on any atom is 0.325 e. The fourth-order valence-electron chi connectivity index (χ4n) is 1.27. The Bertz CT molecular complexity index is 318. The lowest BCUT2D eigenvalue weighted by atomic mass is 10.3. The summed E-state index contributed by atoms with van der Waals surface area (Å²) in [5.74, 6) is -1.25. The highest BCUT2D eigenvalue weighted by Gasteiger charge is 2.26. The smallest absolute Gasteiger partial charge is 0.325 e. The van der Waals surface area contributed by atoms with E-state index in [1.807, 2.05) is 0 Å². The molecule has 0 spiro atoms. The van der Waals surface area contributed by atoms with E-state index in [-0.39, 0.29) is 12.5 Å². The molecule has 0 bridgehead atoms. The number of amides is 3. The van der Waals surface area contributed by atoms with E-state index in [0.29, 0.717) is 13.1 Å². The molecule has 1 saturated heterocycles. The van der Waals surface area contributed by atoms with E-state index in [1.54, 1.807) is 7.05 Å². The second-order valence-corrected chi connectivity index (χ2v) is 3.75. The lowest BCUT2D eigenvalue weighted by Crippen LogP contribution is -2.55. The number of urea groups is 1. The first kappa shape index (κ1) is 12.3. The van der Waals surface area contributed by atoms with Crippen LogP contribution in [0, 0.1) is 0 Å². The van der Waals surface area contributed by atoms with E-state index < -0.39 is 18.0 Å². The number of hydrogen-bond acceptors (Lipinski definition) is 3. The highest BCUT2D eigenvalue weighted by molar-refractivity contribution is 5.87. The Morgan fingerprint density at radius 2 is 2.06 bits per heavy atom. The van der Waals surface area contributed by atoms with Crippen molar-refractivity contribution in [3.8, 4) is 0 Å². The van der Waals surface area contributed by atoms with E-state index >= 15 is 0 Å². The first-order valence-electron chi connectivity index (χ1n) is 4.94. The van der Waals surface area contributed by atoms with Crippen molar-refractivity contribution < 1.29 is 19.5 Å². The van der Waals surface area contributed by atoms with Gasteiger partial charge in [-0.05, 0) is 6.92 Å². The monoisotopic (exact) mass is 229 g/mol. The Labute approximate surface area is 93.0 Å². The summed E-state index contributed by atoms with van der Waals surface area (Å²) in [6, 6.07) is -1.47. The molecular weight excluding hydrogens is 214 g/mol. The molecule has 1 heterocycles. The summed E-state index contributed by atoms with van der Waals surface area (Å²) in [7, 11) is 1.66. The van der Waals surface area contributed by atoms with Gasteiger partial charge in [-0.2, -0.15) is 0 Å². The van der Waals surface area contributed by atoms with Crippen LogP contribution in [0.3, 0.4) is 0 Å². The van der Waals surface area contributed by atoms with E-state index in [1.165, 1.54) is 16.7 Å². The molecule has 90 valence electrons. The average Bonchev–Trinajstić information content (AvgIpc) is 2.21. The van der Waals surface area contributed by atoms with Gasteiger partial charge < -0.3 is 20.2 Å². The van der Waals surface area contributed by atoms with Crippen LogP contribution in [0.2, 0.25) is 0 Å². The van der Waals surface area contributed by atoms with Crippen molar-refractivity contribution in [3.05, 3.63) is 0 Å². The second kappa shape index (κ2) is 4.82. The molecule has 1 aliphatic heterocycles. The van der Waals surface area contributed by atoms with Gasteiger partial charge in [0.1, 0.15) is 12.6 Å². The predicted molar refractivity (Wildman–Crippen MR) is 54.8 cm³/mol. The number of carboxylic acids is 1. The highest BCUT2D eigenvalue weighted by atomic mass is 16.4. The van der Waals surface area contributed by atoms with Gasteiger partial charge >= 0.3 is 12.0 Å². The molecule has 0 aromatic heterocycles. The number of rotatable bonds is 2. The first-order chi connectivity index (χ1) is 7.41. The zero-order valence-electron chi connectivity index (χ0n) is 9.27. The molecule has 1 rings (SSSR count). The molecular formula is C9H15N3O4. The molecule has 0 aromatic carbocycles. The largest absolute Gasteiger partial charge is 0.480 e. The van der Waals surface area contributed by atoms with Crippen LogP contribution >= 0.6 is 0 Å². The van der Waals surface area contributed by atoms with Gasteiger partial charge in [-0.25, -0.2) is 4.79 Å². The zero-order valence-corrected chi connectivity index (χ0v) is 9.27. The fourth-order valence-corrected chi connectivity index (χ4v) is 1.27. The third-order valence-electron chi connectivity index (χ3n) is 2.45. The fraction of sp³-hybridized carbons (Fsp3) is 0.667. The molecule has 7 heteroatoms. The standard InChI is InChI=1S/C9H15N3O4/c1-6(8(14)15)10-9(16)12-4-3-11(2)7(13)5-12/h6H,3-5H2,1-2H3,(H,10,16)(H,14,15)/t6-/m0/s1. The molecule has 1 fully saturated rings. The number of carbonyl (C=O) groups is 3. The van der Waals surface area contributed by atoms with Gasteiger partial charge in [0.05, 0.1) is 0 Å². The van der Waals surface area contributed by atoms with Crippen LogP contribution in [0.4, 0.5) is 4.79 Å². The van der Waals surface area contributed by atoms with Crippen LogP contribution in [0.5, 0.6) is 0 Å². The number of carbonyl (C=O) groups excluding carboxylic acids is 2. The summed E-state index contributed by atoms with van der Waals surface area (Å²) in [5.41, 5.74) is 0. The maximum atomic E-state index is 11.5. The molecule has 16 heavy (non-hydrogen) atoms. The van der Waals surface area contributed by atoms with Crippen molar-refractivity contribution in [2.75, 3.05) is 26.7 Å². The van der Waals surface area contributed by atoms with Gasteiger partial charge in [0.25, 0.3) is 0 Å². The van der Waals surface area contributed by atoms with Crippen LogP contribution in [0.15, 0.2) is 0 Å². The third kappa shape index (κ3) is 2.85. The Balaban J connectivity index is 2.49. The summed E-state index contributed by atoms with van der Waals surface area (Å²) in [6.07, 6.45) is 0. The average molecular weight is 229 g/mol. The number of nitrogens with zero attached hydrogens (tertiary/aromatic N) is 2. The number of aliphatic carboxylic acids is 1. The van der Waals surface area contributed by atoms with Crippen molar-refractivity contribution in [3.63, 3.8) is 0 Å². The summed E-state index contributed by atoms with van der Waals surface area (Å²) >= 11 is 0. The zero-order chi connectivity index (χ0) is 12.3. The van der Waals surface area contributed by atoms with Gasteiger partial charge in [0, 0.05) is 20.1 Å². The third-order valence-corrected chi connectivity index (χ3v) is 2.45. The second-order valence-electron chi connectivity index (χ2n) is 3.75. The molecule has 0 aliphatic carbocycles. The summed E-state index contributed by atoms with van der Waals surface area (Å²) in [4.78, 5) is 36.2. The predicted octanol–water partition coefficient (Wildman–Crippen LogP) is -1.06. The lowest BCUT2D eigenvalue weighted by Gasteiger charge is -2.32. The Kier molecular flexibility index (Phi) is 3.70. The van der Waals surface area contributed by atoms with E-state index in [9.17, 15) is 14.4 Å². The van der Waals surface area contributed by atoms with Crippen LogP contribution in [0.25, 0.3) is 0 Å². The van der Waals surface area contributed by atoms with Gasteiger partial charge in [-0.1, -0.05) is 0 Å². The molecule has 3 amide bonds. The highest BCUT2D eigenvalue weighted by Crippen LogP contribution is 2.01. The van der Waals surface area contributed by atoms with E-state index in [0.717, 1.165) is 0 Å². The van der Waals surface area contributed by atoms with Crippen LogP contribution < -0.4 is 5.32 Å². The maximum absolute atomic E-state index is 11.5. The molecule has 2 N–H and O–H groups in total. The van der Waals surface area contributed by atoms with E-state index in [4.69, 9.17) is 5.11 Å². The molecule has 0 unspecified atom stereocenters. The minimum absolute atomic E-state index is 0.00529. The Hall–Kier alpha value is -1.79. The molecule has 1 aliphatic rings. The molecule has 1 atom stereocenters. The van der Waals surface area contributed by atoms with Crippen molar-refractivity contribution in [1.29, 1.82) is 0 Å². The van der Waals surface area contributed by atoms with Crippen molar-refractivity contribution in [1.82, 2.24) is 15.1 Å². The molecule has 7 nitrogen and oxygen atoms in total. The minimum atomic E-state index is -1.10. The molecule has 0 saturated carbocycles. The lowest BCUT2D eigenvalue weighted by molar-refractivity contribution is -0.138. The first-order valence-corrected chi connectivity index (χ1v) is 4.94. The number of hydrogen-bond donors (Lipinski definition) is 2. The number of piperazine rings is 1. The molecule has 0 radical (unpaired) electrons. The number of carboxylic acid groups (broad SMARTS) is 1. The number of nitrogens with one attached hydrogen (secondary N) is 1. The topological polar surface area (TPSA) is 90.0 Å². The van der Waals surface area contributed by atoms with E-state index in [2.05, 4.69) is 5.32 Å². The quantitative estimate of drug-likeness (QED) is 0.631. The SMILES string of the molecule is C[C@H](NC(=O)N1CCN(C)C(=O)C1)C(=O)O. The van der Waals surface area contributed by atoms with Crippen molar-refractivity contribution in [2.24, 2.45) is 0 Å². The van der Waals surface area contributed by atoms with Gasteiger partial charge in [0.15, 0.2) is 0 Å². The van der Waals surface area contributed by atoms with Crippen molar-refractivity contribution >= 4 is 17.9 Å². The van der Waals surface area contributed by atoms with Crippen LogP contribution in [-0.4, -0.2) is 65.5 Å². The normalized spacial score (nSPS) is 18.2. The summed E-state index contributed by atoms with van der Waals surface area (Å²) in [5, 5.41) is 10.9. The van der Waals surface area contributed by atoms with Gasteiger partial charge in [-0.15, -0.1) is 0 Å². The Morgan fingerprint density at radius 1 is 1.44 bits per heavy atom. The summed E-state index contributed by atoms with van der Waals surface area (Å²) < 4.78 is 0.